The van der Waals surface area contributed by atoms with Gasteiger partial charge in [-0.1, -0.05) is 50.6 Å². The van der Waals surface area contributed by atoms with Gasteiger partial charge in [0.2, 0.25) is 0 Å². The van der Waals surface area contributed by atoms with Crippen LogP contribution in [-0.2, 0) is 0 Å². The van der Waals surface area contributed by atoms with Gasteiger partial charge in [-0.05, 0) is 18.1 Å². The molecule has 0 amide bonds. The first-order valence-electron chi connectivity index (χ1n) is 7.62. The Morgan fingerprint density at radius 1 is 1.29 bits per heavy atom. The third-order valence-corrected chi connectivity index (χ3v) is 5.47. The maximum atomic E-state index is 4.69. The molecule has 3 rings (SSSR count). The van der Waals surface area contributed by atoms with Crippen LogP contribution in [0.4, 0.5) is 5.69 Å². The summed E-state index contributed by atoms with van der Waals surface area (Å²) in [5, 5.41) is 7.53. The number of hydrogen-bond acceptors (Lipinski definition) is 4. The number of anilines is 1. The topological polar surface area (TPSA) is 37.3 Å². The summed E-state index contributed by atoms with van der Waals surface area (Å²) in [6.07, 6.45) is 6.20. The molecule has 1 aromatic heterocycles. The third kappa shape index (κ3) is 3.05. The molecule has 110 valence electrons. The summed E-state index contributed by atoms with van der Waals surface area (Å²) in [5.41, 5.74) is 1.12. The van der Waals surface area contributed by atoms with Crippen molar-refractivity contribution in [2.75, 3.05) is 11.9 Å². The molecule has 0 saturated carbocycles. The molecule has 2 aromatic rings. The monoisotopic (exact) mass is 299 g/mol. The Balaban J connectivity index is 1.75. The normalized spacial score (nSPS) is 18.2. The molecule has 1 aromatic carbocycles. The van der Waals surface area contributed by atoms with Crippen molar-refractivity contribution in [3.8, 4) is 0 Å². The van der Waals surface area contributed by atoms with E-state index in [-0.39, 0.29) is 0 Å². The molecule has 1 aliphatic heterocycles. The van der Waals surface area contributed by atoms with Crippen LogP contribution in [0.2, 0.25) is 0 Å². The SMILES string of the molecule is CCC(CC)C1CN=C(Nc2cccc3cnccc23)S1. The van der Waals surface area contributed by atoms with Gasteiger partial charge in [0, 0.05) is 34.1 Å². The highest BCUT2D eigenvalue weighted by molar-refractivity contribution is 8.15. The predicted molar refractivity (Wildman–Crippen MR) is 93.1 cm³/mol. The molecule has 4 heteroatoms. The van der Waals surface area contributed by atoms with E-state index in [1.54, 1.807) is 0 Å². The molecule has 0 saturated heterocycles. The minimum Gasteiger partial charge on any atom is -0.334 e. The van der Waals surface area contributed by atoms with Gasteiger partial charge >= 0.3 is 0 Å². The maximum Gasteiger partial charge on any atom is 0.161 e. The van der Waals surface area contributed by atoms with E-state index in [9.17, 15) is 0 Å². The molecule has 0 radical (unpaired) electrons. The van der Waals surface area contributed by atoms with Crippen molar-refractivity contribution in [3.05, 3.63) is 36.7 Å². The Morgan fingerprint density at radius 3 is 2.95 bits per heavy atom. The van der Waals surface area contributed by atoms with Gasteiger partial charge in [0.1, 0.15) is 0 Å². The molecule has 0 bridgehead atoms. The van der Waals surface area contributed by atoms with E-state index >= 15 is 0 Å². The number of pyridine rings is 1. The van der Waals surface area contributed by atoms with Gasteiger partial charge in [-0.25, -0.2) is 0 Å². The lowest BCUT2D eigenvalue weighted by Gasteiger charge is -2.18. The first-order valence-corrected chi connectivity index (χ1v) is 8.50. The van der Waals surface area contributed by atoms with Gasteiger partial charge in [-0.3, -0.25) is 9.98 Å². The molecule has 1 atom stereocenters. The second-order valence-corrected chi connectivity index (χ2v) is 6.63. The Morgan fingerprint density at radius 2 is 2.14 bits per heavy atom. The van der Waals surface area contributed by atoms with Crippen molar-refractivity contribution < 1.29 is 0 Å². The second-order valence-electron chi connectivity index (χ2n) is 5.41. The molecule has 0 fully saturated rings. The molecule has 1 aliphatic rings. The molecule has 2 heterocycles. The summed E-state index contributed by atoms with van der Waals surface area (Å²) < 4.78 is 0. The largest absolute Gasteiger partial charge is 0.334 e. The van der Waals surface area contributed by atoms with E-state index in [0.29, 0.717) is 5.25 Å². The molecule has 0 aliphatic carbocycles. The van der Waals surface area contributed by atoms with Crippen LogP contribution in [0.1, 0.15) is 26.7 Å². The number of fused-ring (bicyclic) bond motifs is 1. The van der Waals surface area contributed by atoms with Gasteiger partial charge in [0.15, 0.2) is 5.17 Å². The zero-order chi connectivity index (χ0) is 14.7. The Bertz CT molecular complexity index is 644. The number of nitrogens with one attached hydrogen (secondary N) is 1. The fourth-order valence-electron chi connectivity index (χ4n) is 2.87. The average molecular weight is 299 g/mol. The molecule has 1 N–H and O–H groups in total. The van der Waals surface area contributed by atoms with Crippen molar-refractivity contribution in [3.63, 3.8) is 0 Å². The number of aliphatic imine (C=N–C) groups is 1. The van der Waals surface area contributed by atoms with Gasteiger partial charge in [0.25, 0.3) is 0 Å². The summed E-state index contributed by atoms with van der Waals surface area (Å²) in [6, 6.07) is 8.31. The van der Waals surface area contributed by atoms with E-state index < -0.39 is 0 Å². The fraction of sp³-hybridized carbons (Fsp3) is 0.412. The second kappa shape index (κ2) is 6.48. The maximum absolute atomic E-state index is 4.69. The van der Waals surface area contributed by atoms with Crippen molar-refractivity contribution in [1.29, 1.82) is 0 Å². The van der Waals surface area contributed by atoms with Crippen LogP contribution in [0.5, 0.6) is 0 Å². The molecular formula is C17H21N3S. The number of rotatable bonds is 4. The van der Waals surface area contributed by atoms with Crippen molar-refractivity contribution in [1.82, 2.24) is 4.98 Å². The Hall–Kier alpha value is -1.55. The van der Waals surface area contributed by atoms with Gasteiger partial charge < -0.3 is 5.32 Å². The van der Waals surface area contributed by atoms with Gasteiger partial charge in [-0.2, -0.15) is 0 Å². The molecule has 0 spiro atoms. The van der Waals surface area contributed by atoms with Crippen LogP contribution >= 0.6 is 11.8 Å². The van der Waals surface area contributed by atoms with Gasteiger partial charge in [-0.15, -0.1) is 0 Å². The van der Waals surface area contributed by atoms with Crippen LogP contribution < -0.4 is 5.32 Å². The minimum absolute atomic E-state index is 0.624. The zero-order valence-electron chi connectivity index (χ0n) is 12.5. The molecule has 3 nitrogen and oxygen atoms in total. The van der Waals surface area contributed by atoms with E-state index in [2.05, 4.69) is 53.4 Å². The predicted octanol–water partition coefficient (Wildman–Crippen LogP) is 4.55. The highest BCUT2D eigenvalue weighted by Gasteiger charge is 2.26. The van der Waals surface area contributed by atoms with Crippen LogP contribution in [-0.4, -0.2) is 21.9 Å². The Kier molecular flexibility index (Phi) is 4.44. The minimum atomic E-state index is 0.624. The molecular weight excluding hydrogens is 278 g/mol. The summed E-state index contributed by atoms with van der Waals surface area (Å²) in [6.45, 7) is 5.49. The van der Waals surface area contributed by atoms with E-state index in [0.717, 1.165) is 28.7 Å². The molecule has 1 unspecified atom stereocenters. The summed E-state index contributed by atoms with van der Waals surface area (Å²) >= 11 is 1.89. The average Bonchev–Trinajstić information content (AvgIpc) is 2.97. The summed E-state index contributed by atoms with van der Waals surface area (Å²) in [4.78, 5) is 8.87. The van der Waals surface area contributed by atoms with Crippen molar-refractivity contribution >= 4 is 33.4 Å². The number of nitrogens with zero attached hydrogens (tertiary/aromatic N) is 2. The quantitative estimate of drug-likeness (QED) is 0.899. The van der Waals surface area contributed by atoms with Gasteiger partial charge in [0.05, 0.1) is 6.54 Å². The first kappa shape index (κ1) is 14.4. The smallest absolute Gasteiger partial charge is 0.161 e. The summed E-state index contributed by atoms with van der Waals surface area (Å²) in [5.74, 6) is 0.759. The zero-order valence-corrected chi connectivity index (χ0v) is 13.4. The number of hydrogen-bond donors (Lipinski definition) is 1. The molecule has 21 heavy (non-hydrogen) atoms. The van der Waals surface area contributed by atoms with Crippen LogP contribution in [0, 0.1) is 5.92 Å². The summed E-state index contributed by atoms with van der Waals surface area (Å²) in [7, 11) is 0. The Labute approximate surface area is 130 Å². The number of thioether (sulfide) groups is 1. The van der Waals surface area contributed by atoms with E-state index in [4.69, 9.17) is 0 Å². The number of benzene rings is 1. The highest BCUT2D eigenvalue weighted by Crippen LogP contribution is 2.32. The fourth-order valence-corrected chi connectivity index (χ4v) is 4.20. The first-order chi connectivity index (χ1) is 10.3. The highest BCUT2D eigenvalue weighted by atomic mass is 32.2. The van der Waals surface area contributed by atoms with E-state index in [1.807, 2.05) is 24.2 Å². The van der Waals surface area contributed by atoms with Crippen LogP contribution in [0.25, 0.3) is 10.8 Å². The van der Waals surface area contributed by atoms with E-state index in [1.165, 1.54) is 18.2 Å². The van der Waals surface area contributed by atoms with Crippen molar-refractivity contribution in [2.45, 2.75) is 31.9 Å². The lowest BCUT2D eigenvalue weighted by Crippen LogP contribution is -2.17. The standard InChI is InChI=1S/C17H21N3S/c1-3-12(4-2)16-11-19-17(21-16)20-15-7-5-6-13-10-18-9-8-14(13)15/h5-10,12,16H,3-4,11H2,1-2H3,(H,19,20). The number of amidine groups is 1. The van der Waals surface area contributed by atoms with Crippen LogP contribution in [0.15, 0.2) is 41.7 Å². The number of aromatic nitrogens is 1. The lowest BCUT2D eigenvalue weighted by molar-refractivity contribution is 0.479. The lowest BCUT2D eigenvalue weighted by atomic mass is 9.99. The third-order valence-electron chi connectivity index (χ3n) is 4.17. The van der Waals surface area contributed by atoms with Crippen LogP contribution in [0.3, 0.4) is 0 Å². The van der Waals surface area contributed by atoms with Crippen molar-refractivity contribution in [2.24, 2.45) is 10.9 Å².